The highest BCUT2D eigenvalue weighted by molar-refractivity contribution is 5.82. The molecule has 8 nitrogen and oxygen atoms in total. The summed E-state index contributed by atoms with van der Waals surface area (Å²) >= 11 is 0. The number of hydrogen-bond donors (Lipinski definition) is 1. The number of methoxy groups -OCH3 is 1. The van der Waals surface area contributed by atoms with Crippen LogP contribution in [0.25, 0.3) is 22.5 Å². The minimum Gasteiger partial charge on any atom is -0.493 e. The van der Waals surface area contributed by atoms with Crippen LogP contribution in [0.5, 0.6) is 11.5 Å². The lowest BCUT2D eigenvalue weighted by Gasteiger charge is -2.26. The van der Waals surface area contributed by atoms with Gasteiger partial charge in [0, 0.05) is 48.9 Å². The van der Waals surface area contributed by atoms with Crippen molar-refractivity contribution in [2.45, 2.75) is 6.42 Å². The van der Waals surface area contributed by atoms with E-state index >= 15 is 0 Å². The van der Waals surface area contributed by atoms with Gasteiger partial charge in [0.25, 0.3) is 0 Å². The normalized spacial score (nSPS) is 15.2. The van der Waals surface area contributed by atoms with Crippen LogP contribution < -0.4 is 9.47 Å². The van der Waals surface area contributed by atoms with Gasteiger partial charge in [-0.15, -0.1) is 0 Å². The molecule has 2 aromatic heterocycles. The van der Waals surface area contributed by atoms with Crippen molar-refractivity contribution in [2.24, 2.45) is 0 Å². The molecule has 0 radical (unpaired) electrons. The van der Waals surface area contributed by atoms with Crippen molar-refractivity contribution in [1.82, 2.24) is 20.1 Å². The number of rotatable bonds is 6. The van der Waals surface area contributed by atoms with Gasteiger partial charge in [0.15, 0.2) is 11.5 Å². The number of aromatic amines is 1. The molecule has 0 spiro atoms. The first-order valence-corrected chi connectivity index (χ1v) is 10.3. The Morgan fingerprint density at radius 3 is 2.84 bits per heavy atom. The fourth-order valence-electron chi connectivity index (χ4n) is 4.15. The van der Waals surface area contributed by atoms with Gasteiger partial charge < -0.3 is 14.2 Å². The fourth-order valence-corrected chi connectivity index (χ4v) is 4.15. The number of nitriles is 1. The van der Waals surface area contributed by atoms with E-state index in [1.807, 2.05) is 18.2 Å². The van der Waals surface area contributed by atoms with E-state index in [2.05, 4.69) is 26.1 Å². The van der Waals surface area contributed by atoms with Crippen LogP contribution in [0.1, 0.15) is 16.8 Å². The van der Waals surface area contributed by atoms with Crippen molar-refractivity contribution in [2.75, 3.05) is 46.6 Å². The second-order valence-corrected chi connectivity index (χ2v) is 7.61. The first kappa shape index (κ1) is 19.5. The highest BCUT2D eigenvalue weighted by atomic mass is 16.5. The van der Waals surface area contributed by atoms with Crippen LogP contribution in [0, 0.1) is 11.3 Å². The molecule has 2 aliphatic rings. The third-order valence-electron chi connectivity index (χ3n) is 5.81. The largest absolute Gasteiger partial charge is 0.493 e. The van der Waals surface area contributed by atoms with E-state index in [1.54, 1.807) is 19.4 Å². The molecule has 1 saturated heterocycles. The smallest absolute Gasteiger partial charge is 0.161 e. The minimum absolute atomic E-state index is 0.392. The van der Waals surface area contributed by atoms with Gasteiger partial charge in [0.1, 0.15) is 18.4 Å². The Morgan fingerprint density at radius 1 is 1.23 bits per heavy atom. The zero-order valence-corrected chi connectivity index (χ0v) is 17.4. The number of hydrogen-bond acceptors (Lipinski definition) is 7. The van der Waals surface area contributed by atoms with E-state index in [4.69, 9.17) is 19.5 Å². The summed E-state index contributed by atoms with van der Waals surface area (Å²) < 4.78 is 17.1. The fraction of sp³-hybridized carbons (Fsp3) is 0.348. The Balaban J connectivity index is 1.36. The lowest BCUT2D eigenvalue weighted by Crippen LogP contribution is -2.38. The van der Waals surface area contributed by atoms with Crippen LogP contribution in [0.15, 0.2) is 30.5 Å². The summed E-state index contributed by atoms with van der Waals surface area (Å²) in [6, 6.07) is 9.73. The third-order valence-corrected chi connectivity index (χ3v) is 5.81. The summed E-state index contributed by atoms with van der Waals surface area (Å²) in [5.74, 6) is 1.47. The number of aromatic nitrogens is 3. The molecule has 158 valence electrons. The van der Waals surface area contributed by atoms with E-state index in [9.17, 15) is 0 Å². The highest BCUT2D eigenvalue weighted by Crippen LogP contribution is 2.44. The van der Waals surface area contributed by atoms with Crippen LogP contribution in [0.2, 0.25) is 0 Å². The van der Waals surface area contributed by atoms with E-state index in [1.165, 1.54) is 5.56 Å². The molecule has 5 rings (SSSR count). The molecule has 0 saturated carbocycles. The van der Waals surface area contributed by atoms with Gasteiger partial charge in [0.05, 0.1) is 31.7 Å². The molecule has 1 fully saturated rings. The van der Waals surface area contributed by atoms with Crippen molar-refractivity contribution >= 4 is 0 Å². The minimum atomic E-state index is 0.392. The quantitative estimate of drug-likeness (QED) is 0.515. The van der Waals surface area contributed by atoms with E-state index in [0.29, 0.717) is 18.1 Å². The first-order chi connectivity index (χ1) is 15.3. The van der Waals surface area contributed by atoms with Crippen LogP contribution in [0.4, 0.5) is 0 Å². The van der Waals surface area contributed by atoms with Crippen molar-refractivity contribution in [3.05, 3.63) is 47.3 Å². The highest BCUT2D eigenvalue weighted by Gasteiger charge is 2.27. The average Bonchev–Trinajstić information content (AvgIpc) is 3.38. The standard InChI is InChI=1S/C23H23N5O3/c1-29-20-12-18-16(11-21(20)31-9-6-28-4-7-30-8-5-28)10-19-22(26-27-23(18)19)15-2-3-17(13-24)25-14-15/h2-3,11-12,14H,4-10H2,1H3,(H,26,27). The van der Waals surface area contributed by atoms with E-state index in [-0.39, 0.29) is 0 Å². The Labute approximate surface area is 180 Å². The molecule has 1 aliphatic heterocycles. The second kappa shape index (κ2) is 8.38. The Kier molecular flexibility index (Phi) is 5.28. The van der Waals surface area contributed by atoms with Crippen molar-refractivity contribution < 1.29 is 14.2 Å². The van der Waals surface area contributed by atoms with Crippen LogP contribution >= 0.6 is 0 Å². The summed E-state index contributed by atoms with van der Waals surface area (Å²) in [4.78, 5) is 6.52. The number of nitrogens with zero attached hydrogens (tertiary/aromatic N) is 4. The molecule has 3 heterocycles. The summed E-state index contributed by atoms with van der Waals surface area (Å²) in [7, 11) is 1.66. The number of H-pyrrole nitrogens is 1. The zero-order valence-electron chi connectivity index (χ0n) is 17.4. The van der Waals surface area contributed by atoms with Crippen molar-refractivity contribution in [1.29, 1.82) is 5.26 Å². The van der Waals surface area contributed by atoms with Crippen molar-refractivity contribution in [3.63, 3.8) is 0 Å². The van der Waals surface area contributed by atoms with Gasteiger partial charge in [-0.2, -0.15) is 10.4 Å². The molecular formula is C23H23N5O3. The molecule has 8 heteroatoms. The lowest BCUT2D eigenvalue weighted by atomic mass is 10.1. The number of nitrogens with one attached hydrogen (secondary N) is 1. The molecular weight excluding hydrogens is 394 g/mol. The monoisotopic (exact) mass is 417 g/mol. The third kappa shape index (κ3) is 3.74. The molecule has 1 aliphatic carbocycles. The maximum absolute atomic E-state index is 8.98. The number of morpholine rings is 1. The summed E-state index contributed by atoms with van der Waals surface area (Å²) in [5.41, 5.74) is 6.50. The van der Waals surface area contributed by atoms with Gasteiger partial charge in [-0.1, -0.05) is 0 Å². The number of pyridine rings is 1. The second-order valence-electron chi connectivity index (χ2n) is 7.61. The van der Waals surface area contributed by atoms with Crippen molar-refractivity contribution in [3.8, 4) is 40.1 Å². The number of benzene rings is 1. The van der Waals surface area contributed by atoms with Gasteiger partial charge in [-0.25, -0.2) is 4.98 Å². The predicted molar refractivity (Wildman–Crippen MR) is 114 cm³/mol. The van der Waals surface area contributed by atoms with E-state index < -0.39 is 0 Å². The average molecular weight is 417 g/mol. The lowest BCUT2D eigenvalue weighted by molar-refractivity contribution is 0.0321. The molecule has 0 atom stereocenters. The molecule has 0 unspecified atom stereocenters. The maximum atomic E-state index is 8.98. The zero-order chi connectivity index (χ0) is 21.2. The molecule has 1 N–H and O–H groups in total. The number of fused-ring (bicyclic) bond motifs is 3. The summed E-state index contributed by atoms with van der Waals surface area (Å²) in [6.07, 6.45) is 2.44. The molecule has 31 heavy (non-hydrogen) atoms. The van der Waals surface area contributed by atoms with Gasteiger partial charge in [-0.3, -0.25) is 10.00 Å². The van der Waals surface area contributed by atoms with Gasteiger partial charge >= 0.3 is 0 Å². The summed E-state index contributed by atoms with van der Waals surface area (Å²) in [5, 5.41) is 16.7. The van der Waals surface area contributed by atoms with Gasteiger partial charge in [0.2, 0.25) is 0 Å². The molecule has 0 bridgehead atoms. The predicted octanol–water partition coefficient (Wildman–Crippen LogP) is 2.63. The Morgan fingerprint density at radius 2 is 2.10 bits per heavy atom. The van der Waals surface area contributed by atoms with Gasteiger partial charge in [-0.05, 0) is 29.8 Å². The molecule has 1 aromatic carbocycles. The van der Waals surface area contributed by atoms with Crippen LogP contribution in [-0.4, -0.2) is 66.6 Å². The molecule has 3 aromatic rings. The molecule has 0 amide bonds. The Hall–Kier alpha value is -3.41. The summed E-state index contributed by atoms with van der Waals surface area (Å²) in [6.45, 7) is 4.92. The van der Waals surface area contributed by atoms with Crippen LogP contribution in [-0.2, 0) is 11.2 Å². The SMILES string of the molecule is COc1cc2c(cc1OCCN1CCOCC1)Cc1c(-c3ccc(C#N)nc3)n[nH]c1-2. The number of ether oxygens (including phenoxy) is 3. The van der Waals surface area contributed by atoms with E-state index in [0.717, 1.165) is 73.1 Å². The van der Waals surface area contributed by atoms with Crippen LogP contribution in [0.3, 0.4) is 0 Å². The maximum Gasteiger partial charge on any atom is 0.161 e. The Bertz CT molecular complexity index is 1130. The topological polar surface area (TPSA) is 96.3 Å². The first-order valence-electron chi connectivity index (χ1n) is 10.3.